The van der Waals surface area contributed by atoms with E-state index in [9.17, 15) is 4.79 Å². The van der Waals surface area contributed by atoms with Crippen LogP contribution in [0.3, 0.4) is 0 Å². The lowest BCUT2D eigenvalue weighted by molar-refractivity contribution is -0.122. The summed E-state index contributed by atoms with van der Waals surface area (Å²) in [4.78, 5) is 20.6. The van der Waals surface area contributed by atoms with Gasteiger partial charge in [-0.25, -0.2) is 0 Å². The van der Waals surface area contributed by atoms with Gasteiger partial charge in [-0.15, -0.1) is 0 Å². The number of guanidine groups is 1. The zero-order valence-electron chi connectivity index (χ0n) is 14.2. The number of carbonyl (C=O) groups excluding carboxylic acids is 1. The lowest BCUT2D eigenvalue weighted by Crippen LogP contribution is -2.53. The summed E-state index contributed by atoms with van der Waals surface area (Å²) in [5.74, 6) is 1.35. The van der Waals surface area contributed by atoms with E-state index in [1.165, 1.54) is 0 Å². The van der Waals surface area contributed by atoms with Gasteiger partial charge >= 0.3 is 0 Å². The zero-order chi connectivity index (χ0) is 16.8. The fourth-order valence-corrected chi connectivity index (χ4v) is 2.85. The van der Waals surface area contributed by atoms with Crippen LogP contribution in [0.4, 0.5) is 0 Å². The van der Waals surface area contributed by atoms with Crippen molar-refractivity contribution in [2.75, 3.05) is 46.3 Å². The van der Waals surface area contributed by atoms with Crippen molar-refractivity contribution in [2.24, 2.45) is 10.9 Å². The molecule has 0 aromatic carbocycles. The molecule has 0 bridgehead atoms. The fraction of sp³-hybridized carbons (Fsp3) is 0.688. The molecule has 1 aliphatic heterocycles. The van der Waals surface area contributed by atoms with Crippen LogP contribution < -0.4 is 10.6 Å². The Kier molecular flexibility index (Phi) is 5.68. The Morgan fingerprint density at radius 3 is 2.67 bits per heavy atom. The van der Waals surface area contributed by atoms with Crippen LogP contribution in [-0.2, 0) is 11.3 Å². The zero-order valence-corrected chi connectivity index (χ0v) is 14.2. The highest BCUT2D eigenvalue weighted by molar-refractivity contribution is 5.81. The summed E-state index contributed by atoms with van der Waals surface area (Å²) in [6.45, 7) is 5.93. The van der Waals surface area contributed by atoms with Crippen LogP contribution in [0.2, 0.25) is 0 Å². The summed E-state index contributed by atoms with van der Waals surface area (Å²) < 4.78 is 4.88. The maximum atomic E-state index is 11.6. The van der Waals surface area contributed by atoms with E-state index in [0.717, 1.165) is 57.2 Å². The van der Waals surface area contributed by atoms with E-state index >= 15 is 0 Å². The Labute approximate surface area is 142 Å². The Bertz CT molecular complexity index is 547. The molecular formula is C16H26N6O2. The van der Waals surface area contributed by atoms with Gasteiger partial charge in [0.25, 0.3) is 0 Å². The van der Waals surface area contributed by atoms with Gasteiger partial charge in [-0.2, -0.15) is 0 Å². The molecular weight excluding hydrogens is 308 g/mol. The SMILES string of the molecule is CN=C(NCCNC(=O)C1CC1)N1CCN(Cc2ccon2)CC1. The minimum atomic E-state index is 0.188. The number of aliphatic imine (C=N–C) groups is 1. The molecule has 3 rings (SSSR count). The predicted octanol–water partition coefficient (Wildman–Crippen LogP) is -0.106. The first-order valence-corrected chi connectivity index (χ1v) is 8.61. The standard InChI is InChI=1S/C16H26N6O2/c1-17-16(19-6-5-18-15(23)13-2-3-13)22-9-7-21(8-10-22)12-14-4-11-24-20-14/h4,11,13H,2-3,5-10,12H2,1H3,(H,17,19)(H,18,23). The van der Waals surface area contributed by atoms with Crippen molar-refractivity contribution in [2.45, 2.75) is 19.4 Å². The molecule has 24 heavy (non-hydrogen) atoms. The Morgan fingerprint density at radius 1 is 1.29 bits per heavy atom. The third kappa shape index (κ3) is 4.70. The summed E-state index contributed by atoms with van der Waals surface area (Å²) >= 11 is 0. The van der Waals surface area contributed by atoms with Crippen LogP contribution in [0, 0.1) is 5.92 Å². The average molecular weight is 334 g/mol. The highest BCUT2D eigenvalue weighted by atomic mass is 16.5. The molecule has 1 aromatic heterocycles. The molecule has 0 unspecified atom stereocenters. The first kappa shape index (κ1) is 16.8. The summed E-state index contributed by atoms with van der Waals surface area (Å²) in [6.07, 6.45) is 3.69. The van der Waals surface area contributed by atoms with Crippen LogP contribution in [-0.4, -0.2) is 73.1 Å². The molecule has 132 valence electrons. The minimum Gasteiger partial charge on any atom is -0.364 e. The first-order chi connectivity index (χ1) is 11.8. The number of amides is 1. The number of hydrogen-bond acceptors (Lipinski definition) is 5. The molecule has 8 nitrogen and oxygen atoms in total. The van der Waals surface area contributed by atoms with E-state index < -0.39 is 0 Å². The molecule has 8 heteroatoms. The van der Waals surface area contributed by atoms with Gasteiger partial charge in [0.2, 0.25) is 5.91 Å². The van der Waals surface area contributed by atoms with Crippen molar-refractivity contribution < 1.29 is 9.32 Å². The van der Waals surface area contributed by atoms with E-state index in [1.807, 2.05) is 6.07 Å². The van der Waals surface area contributed by atoms with Crippen LogP contribution >= 0.6 is 0 Å². The second kappa shape index (κ2) is 8.14. The predicted molar refractivity (Wildman–Crippen MR) is 90.4 cm³/mol. The molecule has 1 aromatic rings. The summed E-state index contributed by atoms with van der Waals surface area (Å²) in [5, 5.41) is 10.3. The van der Waals surface area contributed by atoms with Crippen molar-refractivity contribution in [3.05, 3.63) is 18.0 Å². The molecule has 1 aliphatic carbocycles. The highest BCUT2D eigenvalue weighted by Crippen LogP contribution is 2.28. The summed E-state index contributed by atoms with van der Waals surface area (Å²) in [5.41, 5.74) is 0.970. The van der Waals surface area contributed by atoms with Gasteiger partial charge in [-0.05, 0) is 12.8 Å². The van der Waals surface area contributed by atoms with Gasteiger partial charge in [-0.3, -0.25) is 14.7 Å². The smallest absolute Gasteiger partial charge is 0.223 e. The Hall–Kier alpha value is -2.09. The fourth-order valence-electron chi connectivity index (χ4n) is 2.85. The van der Waals surface area contributed by atoms with E-state index in [1.54, 1.807) is 13.3 Å². The molecule has 2 heterocycles. The summed E-state index contributed by atoms with van der Waals surface area (Å²) in [7, 11) is 1.80. The van der Waals surface area contributed by atoms with Crippen molar-refractivity contribution >= 4 is 11.9 Å². The monoisotopic (exact) mass is 334 g/mol. The van der Waals surface area contributed by atoms with Crippen molar-refractivity contribution in [1.82, 2.24) is 25.6 Å². The molecule has 1 saturated heterocycles. The number of piperazine rings is 1. The molecule has 2 fully saturated rings. The Balaban J connectivity index is 1.34. The van der Waals surface area contributed by atoms with Crippen LogP contribution in [0.25, 0.3) is 0 Å². The van der Waals surface area contributed by atoms with Crippen LogP contribution in [0.1, 0.15) is 18.5 Å². The number of rotatable bonds is 6. The molecule has 2 aliphatic rings. The number of carbonyl (C=O) groups is 1. The third-order valence-electron chi connectivity index (χ3n) is 4.42. The van der Waals surface area contributed by atoms with Gasteiger partial charge in [0, 0.05) is 64.8 Å². The Morgan fingerprint density at radius 2 is 2.04 bits per heavy atom. The molecule has 1 amide bonds. The van der Waals surface area contributed by atoms with Crippen LogP contribution in [0.5, 0.6) is 0 Å². The summed E-state index contributed by atoms with van der Waals surface area (Å²) in [6, 6.07) is 1.91. The van der Waals surface area contributed by atoms with Crippen molar-refractivity contribution in [1.29, 1.82) is 0 Å². The largest absolute Gasteiger partial charge is 0.364 e. The maximum Gasteiger partial charge on any atom is 0.223 e. The van der Waals surface area contributed by atoms with E-state index in [-0.39, 0.29) is 11.8 Å². The van der Waals surface area contributed by atoms with E-state index in [2.05, 4.69) is 30.6 Å². The van der Waals surface area contributed by atoms with Crippen molar-refractivity contribution in [3.8, 4) is 0 Å². The van der Waals surface area contributed by atoms with Gasteiger partial charge in [0.15, 0.2) is 5.96 Å². The molecule has 1 saturated carbocycles. The average Bonchev–Trinajstić information content (AvgIpc) is 3.34. The molecule has 0 spiro atoms. The number of nitrogens with zero attached hydrogens (tertiary/aromatic N) is 4. The molecule has 0 radical (unpaired) electrons. The van der Waals surface area contributed by atoms with Gasteiger partial charge < -0.3 is 20.1 Å². The quantitative estimate of drug-likeness (QED) is 0.429. The number of nitrogens with one attached hydrogen (secondary N) is 2. The number of hydrogen-bond donors (Lipinski definition) is 2. The van der Waals surface area contributed by atoms with Gasteiger partial charge in [0.1, 0.15) is 6.26 Å². The van der Waals surface area contributed by atoms with Crippen molar-refractivity contribution in [3.63, 3.8) is 0 Å². The van der Waals surface area contributed by atoms with E-state index in [0.29, 0.717) is 13.1 Å². The highest BCUT2D eigenvalue weighted by Gasteiger charge is 2.29. The van der Waals surface area contributed by atoms with Gasteiger partial charge in [-0.1, -0.05) is 5.16 Å². The second-order valence-corrected chi connectivity index (χ2v) is 6.29. The lowest BCUT2D eigenvalue weighted by atomic mass is 10.3. The topological polar surface area (TPSA) is 86.0 Å². The number of aromatic nitrogens is 1. The minimum absolute atomic E-state index is 0.188. The maximum absolute atomic E-state index is 11.6. The van der Waals surface area contributed by atoms with Gasteiger partial charge in [0.05, 0.1) is 5.69 Å². The molecule has 0 atom stereocenters. The lowest BCUT2D eigenvalue weighted by Gasteiger charge is -2.36. The van der Waals surface area contributed by atoms with E-state index in [4.69, 9.17) is 4.52 Å². The molecule has 2 N–H and O–H groups in total. The second-order valence-electron chi connectivity index (χ2n) is 6.29. The third-order valence-corrected chi connectivity index (χ3v) is 4.42. The van der Waals surface area contributed by atoms with Crippen LogP contribution in [0.15, 0.2) is 21.8 Å². The first-order valence-electron chi connectivity index (χ1n) is 8.61. The normalized spacial score (nSPS) is 19.4.